The number of methoxy groups -OCH3 is 1. The van der Waals surface area contributed by atoms with Crippen LogP contribution in [0.25, 0.3) is 0 Å². The van der Waals surface area contributed by atoms with E-state index in [0.29, 0.717) is 6.42 Å². The first-order valence-electron chi connectivity index (χ1n) is 4.33. The van der Waals surface area contributed by atoms with Crippen LogP contribution in [0, 0.1) is 0 Å². The second-order valence-corrected chi connectivity index (χ2v) is 2.76. The van der Waals surface area contributed by atoms with Crippen LogP contribution in [0.5, 0.6) is 0 Å². The van der Waals surface area contributed by atoms with E-state index in [9.17, 15) is 4.79 Å². The minimum Gasteiger partial charge on any atom is -0.394 e. The van der Waals surface area contributed by atoms with Gasteiger partial charge in [0.05, 0.1) is 12.6 Å². The number of carbonyl (C=O) groups excluding carboxylic acids is 1. The standard InChI is InChI=1S/C8H18N2O3/c1-3-6(5-11)10-8(12)7(4-9)13-2/h6-7,11H,3-5,9H2,1-2H3,(H,10,12)/t6-,7?/m1/s1. The molecule has 1 unspecified atom stereocenters. The number of aliphatic hydroxyl groups excluding tert-OH is 1. The lowest BCUT2D eigenvalue weighted by Crippen LogP contribution is -2.46. The number of carbonyl (C=O) groups is 1. The molecule has 0 aromatic carbocycles. The average molecular weight is 190 g/mol. The van der Waals surface area contributed by atoms with E-state index in [1.165, 1.54) is 7.11 Å². The molecule has 0 aliphatic heterocycles. The smallest absolute Gasteiger partial charge is 0.250 e. The predicted molar refractivity (Wildman–Crippen MR) is 49.2 cm³/mol. The lowest BCUT2D eigenvalue weighted by Gasteiger charge is -2.18. The highest BCUT2D eigenvalue weighted by atomic mass is 16.5. The fraction of sp³-hybridized carbons (Fsp3) is 0.875. The molecule has 1 amide bonds. The van der Waals surface area contributed by atoms with Crippen molar-refractivity contribution in [1.29, 1.82) is 0 Å². The Balaban J connectivity index is 3.95. The summed E-state index contributed by atoms with van der Waals surface area (Å²) in [5, 5.41) is 11.4. The molecule has 13 heavy (non-hydrogen) atoms. The van der Waals surface area contributed by atoms with Gasteiger partial charge < -0.3 is 20.9 Å². The maximum absolute atomic E-state index is 11.3. The van der Waals surface area contributed by atoms with Gasteiger partial charge in [0.15, 0.2) is 0 Å². The monoisotopic (exact) mass is 190 g/mol. The third-order valence-electron chi connectivity index (χ3n) is 1.85. The van der Waals surface area contributed by atoms with Crippen LogP contribution >= 0.6 is 0 Å². The van der Waals surface area contributed by atoms with Crippen molar-refractivity contribution >= 4 is 5.91 Å². The van der Waals surface area contributed by atoms with E-state index in [-0.39, 0.29) is 25.1 Å². The van der Waals surface area contributed by atoms with Gasteiger partial charge in [-0.05, 0) is 6.42 Å². The highest BCUT2D eigenvalue weighted by molar-refractivity contribution is 5.81. The van der Waals surface area contributed by atoms with E-state index >= 15 is 0 Å². The Kier molecular flexibility index (Phi) is 6.48. The molecule has 0 spiro atoms. The molecule has 0 aliphatic rings. The first kappa shape index (κ1) is 12.3. The van der Waals surface area contributed by atoms with Gasteiger partial charge in [0, 0.05) is 13.7 Å². The van der Waals surface area contributed by atoms with Gasteiger partial charge in [-0.1, -0.05) is 6.92 Å². The summed E-state index contributed by atoms with van der Waals surface area (Å²) in [5.41, 5.74) is 5.29. The molecule has 0 radical (unpaired) electrons. The number of ether oxygens (including phenoxy) is 1. The van der Waals surface area contributed by atoms with E-state index < -0.39 is 6.10 Å². The van der Waals surface area contributed by atoms with Crippen molar-refractivity contribution in [2.24, 2.45) is 5.73 Å². The zero-order valence-corrected chi connectivity index (χ0v) is 8.12. The van der Waals surface area contributed by atoms with E-state index in [1.807, 2.05) is 6.92 Å². The molecule has 0 aromatic heterocycles. The van der Waals surface area contributed by atoms with Gasteiger partial charge in [-0.25, -0.2) is 0 Å². The molecule has 0 fully saturated rings. The number of hydrogen-bond acceptors (Lipinski definition) is 4. The molecular weight excluding hydrogens is 172 g/mol. The number of nitrogens with two attached hydrogens (primary N) is 1. The SMILES string of the molecule is CC[C@H](CO)NC(=O)C(CN)OC. The third kappa shape index (κ3) is 4.21. The minimum atomic E-state index is -0.624. The maximum Gasteiger partial charge on any atom is 0.250 e. The fourth-order valence-electron chi connectivity index (χ4n) is 0.881. The second-order valence-electron chi connectivity index (χ2n) is 2.76. The molecule has 4 N–H and O–H groups in total. The number of rotatable bonds is 6. The maximum atomic E-state index is 11.3. The summed E-state index contributed by atoms with van der Waals surface area (Å²) < 4.78 is 4.83. The van der Waals surface area contributed by atoms with Gasteiger partial charge in [-0.15, -0.1) is 0 Å². The van der Waals surface area contributed by atoms with Gasteiger partial charge in [0.25, 0.3) is 5.91 Å². The summed E-state index contributed by atoms with van der Waals surface area (Å²) >= 11 is 0. The fourth-order valence-corrected chi connectivity index (χ4v) is 0.881. The molecule has 2 atom stereocenters. The second kappa shape index (κ2) is 6.82. The molecule has 0 bridgehead atoms. The highest BCUT2D eigenvalue weighted by Crippen LogP contribution is 1.92. The normalized spacial score (nSPS) is 15.1. The van der Waals surface area contributed by atoms with Gasteiger partial charge in [-0.2, -0.15) is 0 Å². The summed E-state index contributed by atoms with van der Waals surface area (Å²) in [7, 11) is 1.43. The van der Waals surface area contributed by atoms with Crippen LogP contribution < -0.4 is 11.1 Å². The quantitative estimate of drug-likeness (QED) is 0.493. The zero-order chi connectivity index (χ0) is 10.3. The summed E-state index contributed by atoms with van der Waals surface area (Å²) in [5.74, 6) is -0.272. The van der Waals surface area contributed by atoms with Gasteiger partial charge in [0.2, 0.25) is 0 Å². The molecule has 0 saturated carbocycles. The van der Waals surface area contributed by atoms with Crippen LogP contribution in [-0.4, -0.2) is 43.4 Å². The molecule has 5 heteroatoms. The summed E-state index contributed by atoms with van der Waals surface area (Å²) in [6.07, 6.45) is 0.0593. The molecule has 0 aliphatic carbocycles. The first-order valence-corrected chi connectivity index (χ1v) is 4.33. The topological polar surface area (TPSA) is 84.6 Å². The predicted octanol–water partition coefficient (Wildman–Crippen LogP) is -1.15. The first-order chi connectivity index (χ1) is 6.19. The van der Waals surface area contributed by atoms with Crippen LogP contribution in [0.15, 0.2) is 0 Å². The summed E-state index contributed by atoms with van der Waals surface area (Å²) in [6, 6.07) is -0.211. The van der Waals surface area contributed by atoms with E-state index in [0.717, 1.165) is 0 Å². The Bertz CT molecular complexity index is 144. The summed E-state index contributed by atoms with van der Waals surface area (Å²) in [6.45, 7) is 1.96. The average Bonchev–Trinajstić information content (AvgIpc) is 2.16. The van der Waals surface area contributed by atoms with Crippen LogP contribution in [0.3, 0.4) is 0 Å². The van der Waals surface area contributed by atoms with E-state index in [2.05, 4.69) is 5.32 Å². The van der Waals surface area contributed by atoms with E-state index in [1.54, 1.807) is 0 Å². The lowest BCUT2D eigenvalue weighted by atomic mass is 10.2. The highest BCUT2D eigenvalue weighted by Gasteiger charge is 2.18. The molecule has 0 aromatic rings. The van der Waals surface area contributed by atoms with Crippen LogP contribution in [0.4, 0.5) is 0 Å². The third-order valence-corrected chi connectivity index (χ3v) is 1.85. The van der Waals surface area contributed by atoms with Gasteiger partial charge >= 0.3 is 0 Å². The Morgan fingerprint density at radius 3 is 2.62 bits per heavy atom. The molecule has 0 rings (SSSR count). The Morgan fingerprint density at radius 1 is 1.69 bits per heavy atom. The van der Waals surface area contributed by atoms with Crippen LogP contribution in [-0.2, 0) is 9.53 Å². The summed E-state index contributed by atoms with van der Waals surface area (Å²) in [4.78, 5) is 11.3. The lowest BCUT2D eigenvalue weighted by molar-refractivity contribution is -0.131. The van der Waals surface area contributed by atoms with Crippen molar-refractivity contribution < 1.29 is 14.6 Å². The van der Waals surface area contributed by atoms with Gasteiger partial charge in [0.1, 0.15) is 6.10 Å². The minimum absolute atomic E-state index is 0.0662. The van der Waals surface area contributed by atoms with Crippen molar-refractivity contribution in [3.05, 3.63) is 0 Å². The molecule has 0 saturated heterocycles. The van der Waals surface area contributed by atoms with Crippen molar-refractivity contribution in [1.82, 2.24) is 5.32 Å². The van der Waals surface area contributed by atoms with Gasteiger partial charge in [-0.3, -0.25) is 4.79 Å². The zero-order valence-electron chi connectivity index (χ0n) is 8.12. The molecule has 78 valence electrons. The van der Waals surface area contributed by atoms with Crippen LogP contribution in [0.1, 0.15) is 13.3 Å². The Morgan fingerprint density at radius 2 is 2.31 bits per heavy atom. The Labute approximate surface area is 78.3 Å². The Hall–Kier alpha value is -0.650. The number of hydrogen-bond donors (Lipinski definition) is 3. The number of amides is 1. The van der Waals surface area contributed by atoms with Crippen molar-refractivity contribution in [3.63, 3.8) is 0 Å². The molecular formula is C8H18N2O3. The number of aliphatic hydroxyl groups is 1. The number of nitrogens with one attached hydrogen (secondary N) is 1. The van der Waals surface area contributed by atoms with E-state index in [4.69, 9.17) is 15.6 Å². The molecule has 5 nitrogen and oxygen atoms in total. The van der Waals surface area contributed by atoms with Crippen molar-refractivity contribution in [2.45, 2.75) is 25.5 Å². The van der Waals surface area contributed by atoms with Crippen molar-refractivity contribution in [2.75, 3.05) is 20.3 Å². The van der Waals surface area contributed by atoms with Crippen LogP contribution in [0.2, 0.25) is 0 Å². The molecule has 0 heterocycles. The van der Waals surface area contributed by atoms with Crippen molar-refractivity contribution in [3.8, 4) is 0 Å². The largest absolute Gasteiger partial charge is 0.394 e.